The van der Waals surface area contributed by atoms with E-state index in [-0.39, 0.29) is 0 Å². The van der Waals surface area contributed by atoms with Crippen LogP contribution in [0.2, 0.25) is 0 Å². The number of carbonyl (C=O) groups excluding carboxylic acids is 1. The number of carbonyl (C=O) groups is 1. The van der Waals surface area contributed by atoms with Crippen LogP contribution in [0.3, 0.4) is 0 Å². The summed E-state index contributed by atoms with van der Waals surface area (Å²) in [6, 6.07) is 12.2. The predicted molar refractivity (Wildman–Crippen MR) is 104 cm³/mol. The second-order valence-electron chi connectivity index (χ2n) is 5.85. The maximum Gasteiger partial charge on any atom is 0.365 e. The van der Waals surface area contributed by atoms with Crippen LogP contribution in [0.4, 0.5) is 0 Å². The van der Waals surface area contributed by atoms with Gasteiger partial charge in [0, 0.05) is 5.56 Å². The number of unbranched alkanes of at least 4 members (excludes halogenated alkanes) is 1. The van der Waals surface area contributed by atoms with Gasteiger partial charge in [-0.2, -0.15) is 0 Å². The minimum Gasteiger partial charge on any atom is -0.494 e. The number of oxime groups is 1. The second kappa shape index (κ2) is 10.2. The highest BCUT2D eigenvalue weighted by atomic mass is 16.7. The van der Waals surface area contributed by atoms with E-state index in [1.807, 2.05) is 6.07 Å². The SMILES string of the molecule is CCCCOc1ccc(C(=O)O/N=C(/C)c2ccc(OC)c(OC)c2)cc1. The summed E-state index contributed by atoms with van der Waals surface area (Å²) in [5, 5.41) is 3.92. The summed E-state index contributed by atoms with van der Waals surface area (Å²) in [7, 11) is 3.13. The Balaban J connectivity index is 2.00. The number of hydrogen-bond acceptors (Lipinski definition) is 6. The summed E-state index contributed by atoms with van der Waals surface area (Å²) >= 11 is 0. The first kappa shape index (κ1) is 20.3. The summed E-state index contributed by atoms with van der Waals surface area (Å²) in [5.74, 6) is 1.39. The lowest BCUT2D eigenvalue weighted by atomic mass is 10.1. The third kappa shape index (κ3) is 5.74. The highest BCUT2D eigenvalue weighted by Crippen LogP contribution is 2.27. The zero-order valence-corrected chi connectivity index (χ0v) is 16.2. The fourth-order valence-electron chi connectivity index (χ4n) is 2.30. The van der Waals surface area contributed by atoms with Crippen LogP contribution in [-0.4, -0.2) is 32.5 Å². The van der Waals surface area contributed by atoms with E-state index in [1.165, 1.54) is 0 Å². The van der Waals surface area contributed by atoms with E-state index in [2.05, 4.69) is 12.1 Å². The zero-order chi connectivity index (χ0) is 19.6. The average Bonchev–Trinajstić information content (AvgIpc) is 2.71. The highest BCUT2D eigenvalue weighted by molar-refractivity contribution is 5.99. The molecule has 0 N–H and O–H groups in total. The lowest BCUT2D eigenvalue weighted by Gasteiger charge is -2.09. The molecule has 0 amide bonds. The number of hydrogen-bond donors (Lipinski definition) is 0. The Kier molecular flexibility index (Phi) is 7.67. The molecule has 0 bridgehead atoms. The fourth-order valence-corrected chi connectivity index (χ4v) is 2.30. The number of rotatable bonds is 9. The van der Waals surface area contributed by atoms with Crippen molar-refractivity contribution in [1.82, 2.24) is 0 Å². The van der Waals surface area contributed by atoms with Gasteiger partial charge in [0.25, 0.3) is 0 Å². The molecule has 0 radical (unpaired) electrons. The average molecular weight is 371 g/mol. The Morgan fingerprint density at radius 3 is 2.26 bits per heavy atom. The Bertz CT molecular complexity index is 784. The monoisotopic (exact) mass is 371 g/mol. The lowest BCUT2D eigenvalue weighted by molar-refractivity contribution is 0.0516. The molecule has 0 saturated carbocycles. The largest absolute Gasteiger partial charge is 0.494 e. The summed E-state index contributed by atoms with van der Waals surface area (Å²) in [5.41, 5.74) is 1.71. The Morgan fingerprint density at radius 1 is 0.963 bits per heavy atom. The maximum absolute atomic E-state index is 12.2. The molecule has 0 aliphatic carbocycles. The van der Waals surface area contributed by atoms with Crippen molar-refractivity contribution in [3.05, 3.63) is 53.6 Å². The maximum atomic E-state index is 12.2. The minimum absolute atomic E-state index is 0.404. The number of ether oxygens (including phenoxy) is 3. The second-order valence-corrected chi connectivity index (χ2v) is 5.85. The van der Waals surface area contributed by atoms with Crippen LogP contribution in [0.5, 0.6) is 17.2 Å². The Morgan fingerprint density at radius 2 is 1.63 bits per heavy atom. The van der Waals surface area contributed by atoms with Gasteiger partial charge in [-0.1, -0.05) is 18.5 Å². The van der Waals surface area contributed by atoms with Crippen molar-refractivity contribution in [2.75, 3.05) is 20.8 Å². The van der Waals surface area contributed by atoms with Crippen LogP contribution >= 0.6 is 0 Å². The minimum atomic E-state index is -0.532. The number of benzene rings is 2. The molecule has 6 heteroatoms. The molecular formula is C21H25NO5. The van der Waals surface area contributed by atoms with Crippen molar-refractivity contribution in [3.8, 4) is 17.2 Å². The molecule has 0 saturated heterocycles. The molecule has 2 rings (SSSR count). The van der Waals surface area contributed by atoms with E-state index in [4.69, 9.17) is 19.0 Å². The lowest BCUT2D eigenvalue weighted by Crippen LogP contribution is -2.04. The van der Waals surface area contributed by atoms with Crippen molar-refractivity contribution in [2.24, 2.45) is 5.16 Å². The first-order chi connectivity index (χ1) is 13.1. The van der Waals surface area contributed by atoms with E-state index in [0.717, 1.165) is 24.2 Å². The van der Waals surface area contributed by atoms with E-state index in [0.29, 0.717) is 29.4 Å². The molecular weight excluding hydrogens is 346 g/mol. The van der Waals surface area contributed by atoms with Crippen LogP contribution in [0, 0.1) is 0 Å². The first-order valence-corrected chi connectivity index (χ1v) is 8.80. The van der Waals surface area contributed by atoms with E-state index < -0.39 is 5.97 Å². The van der Waals surface area contributed by atoms with Crippen LogP contribution in [-0.2, 0) is 4.84 Å². The van der Waals surface area contributed by atoms with Crippen LogP contribution in [0.15, 0.2) is 47.6 Å². The molecule has 0 aliphatic heterocycles. The predicted octanol–water partition coefficient (Wildman–Crippen LogP) is 4.46. The zero-order valence-electron chi connectivity index (χ0n) is 16.2. The number of nitrogens with zero attached hydrogens (tertiary/aromatic N) is 1. The smallest absolute Gasteiger partial charge is 0.365 e. The molecule has 2 aromatic rings. The molecule has 27 heavy (non-hydrogen) atoms. The number of methoxy groups -OCH3 is 2. The van der Waals surface area contributed by atoms with Gasteiger partial charge in [0.1, 0.15) is 5.75 Å². The van der Waals surface area contributed by atoms with E-state index >= 15 is 0 Å². The molecule has 0 aromatic heterocycles. The van der Waals surface area contributed by atoms with Gasteiger partial charge in [0.05, 0.1) is 32.1 Å². The molecule has 0 heterocycles. The summed E-state index contributed by atoms with van der Waals surface area (Å²) in [6.45, 7) is 4.52. The van der Waals surface area contributed by atoms with Gasteiger partial charge >= 0.3 is 5.97 Å². The summed E-state index contributed by atoms with van der Waals surface area (Å²) < 4.78 is 16.1. The summed E-state index contributed by atoms with van der Waals surface area (Å²) in [6.07, 6.45) is 2.07. The Hall–Kier alpha value is -3.02. The van der Waals surface area contributed by atoms with Gasteiger partial charge in [-0.3, -0.25) is 0 Å². The van der Waals surface area contributed by atoms with Crippen molar-refractivity contribution in [2.45, 2.75) is 26.7 Å². The van der Waals surface area contributed by atoms with Crippen molar-refractivity contribution in [1.29, 1.82) is 0 Å². The molecule has 144 valence electrons. The molecule has 0 unspecified atom stereocenters. The van der Waals surface area contributed by atoms with Crippen molar-refractivity contribution in [3.63, 3.8) is 0 Å². The van der Waals surface area contributed by atoms with Gasteiger partial charge in [-0.25, -0.2) is 4.79 Å². The molecule has 0 fully saturated rings. The van der Waals surface area contributed by atoms with Crippen LogP contribution < -0.4 is 14.2 Å². The fraction of sp³-hybridized carbons (Fsp3) is 0.333. The first-order valence-electron chi connectivity index (χ1n) is 8.80. The van der Waals surface area contributed by atoms with Crippen molar-refractivity contribution < 1.29 is 23.8 Å². The Labute approximate surface area is 159 Å². The molecule has 0 aliphatic rings. The summed E-state index contributed by atoms with van der Waals surface area (Å²) in [4.78, 5) is 17.2. The third-order valence-electron chi connectivity index (χ3n) is 3.92. The van der Waals surface area contributed by atoms with Gasteiger partial charge < -0.3 is 19.0 Å². The van der Waals surface area contributed by atoms with Crippen molar-refractivity contribution >= 4 is 11.7 Å². The normalized spacial score (nSPS) is 11.0. The molecule has 0 atom stereocenters. The van der Waals surface area contributed by atoms with Gasteiger partial charge in [-0.05, 0) is 55.8 Å². The topological polar surface area (TPSA) is 66.4 Å². The van der Waals surface area contributed by atoms with Crippen LogP contribution in [0.1, 0.15) is 42.6 Å². The van der Waals surface area contributed by atoms with Gasteiger partial charge in [0.2, 0.25) is 0 Å². The third-order valence-corrected chi connectivity index (χ3v) is 3.92. The van der Waals surface area contributed by atoms with Crippen LogP contribution in [0.25, 0.3) is 0 Å². The molecule has 0 spiro atoms. The molecule has 2 aromatic carbocycles. The quantitative estimate of drug-likeness (QED) is 0.282. The highest BCUT2D eigenvalue weighted by Gasteiger charge is 2.10. The molecule has 6 nitrogen and oxygen atoms in total. The van der Waals surface area contributed by atoms with Gasteiger partial charge in [-0.15, -0.1) is 0 Å². The standard InChI is InChI=1S/C21H25NO5/c1-5-6-13-26-18-10-7-16(8-11-18)21(23)27-22-15(2)17-9-12-19(24-3)20(14-17)25-4/h7-12,14H,5-6,13H2,1-4H3/b22-15-. The van der Waals surface area contributed by atoms with Gasteiger partial charge in [0.15, 0.2) is 11.5 Å². The van der Waals surface area contributed by atoms with E-state index in [1.54, 1.807) is 57.5 Å². The van der Waals surface area contributed by atoms with E-state index in [9.17, 15) is 4.79 Å².